The number of nitrogens with zero attached hydrogens (tertiary/aromatic N) is 2. The molecule has 1 amide bonds. The van der Waals surface area contributed by atoms with Gasteiger partial charge < -0.3 is 15.2 Å². The SMILES string of the molecule is CCCCc1c(-c2ccc(F)cc2)c(C(N)=O)c(C)n1CCCN(C)C. The highest BCUT2D eigenvalue weighted by Gasteiger charge is 2.24. The van der Waals surface area contributed by atoms with Crippen molar-refractivity contribution in [3.8, 4) is 11.1 Å². The molecule has 0 aliphatic heterocycles. The molecule has 0 saturated heterocycles. The summed E-state index contributed by atoms with van der Waals surface area (Å²) in [6.45, 7) is 5.92. The third kappa shape index (κ3) is 4.52. The fraction of sp³-hybridized carbons (Fsp3) is 0.476. The van der Waals surface area contributed by atoms with Gasteiger partial charge in [0.25, 0.3) is 5.91 Å². The van der Waals surface area contributed by atoms with Crippen molar-refractivity contribution >= 4 is 5.91 Å². The number of primary amides is 1. The van der Waals surface area contributed by atoms with Crippen molar-refractivity contribution in [2.45, 2.75) is 46.1 Å². The van der Waals surface area contributed by atoms with E-state index in [0.717, 1.165) is 61.3 Å². The molecule has 26 heavy (non-hydrogen) atoms. The number of benzene rings is 1. The lowest BCUT2D eigenvalue weighted by Gasteiger charge is -2.15. The van der Waals surface area contributed by atoms with Gasteiger partial charge in [0.15, 0.2) is 0 Å². The van der Waals surface area contributed by atoms with Crippen LogP contribution in [0.4, 0.5) is 4.39 Å². The maximum atomic E-state index is 13.4. The molecule has 2 aromatic rings. The summed E-state index contributed by atoms with van der Waals surface area (Å²) in [6.07, 6.45) is 3.96. The van der Waals surface area contributed by atoms with Crippen molar-refractivity contribution in [1.29, 1.82) is 0 Å². The number of unbranched alkanes of at least 4 members (excludes halogenated alkanes) is 1. The molecule has 0 aliphatic rings. The van der Waals surface area contributed by atoms with Gasteiger partial charge in [0.2, 0.25) is 0 Å². The molecule has 1 aromatic carbocycles. The Morgan fingerprint density at radius 3 is 2.38 bits per heavy atom. The highest BCUT2D eigenvalue weighted by atomic mass is 19.1. The van der Waals surface area contributed by atoms with E-state index in [1.54, 1.807) is 12.1 Å². The summed E-state index contributed by atoms with van der Waals surface area (Å²) in [6, 6.07) is 6.33. The quantitative estimate of drug-likeness (QED) is 0.736. The van der Waals surface area contributed by atoms with Crippen LogP contribution in [0.2, 0.25) is 0 Å². The number of hydrogen-bond acceptors (Lipinski definition) is 2. The van der Waals surface area contributed by atoms with Crippen molar-refractivity contribution in [1.82, 2.24) is 9.47 Å². The van der Waals surface area contributed by atoms with Gasteiger partial charge in [-0.3, -0.25) is 4.79 Å². The van der Waals surface area contributed by atoms with E-state index in [1.807, 2.05) is 6.92 Å². The number of halogens is 1. The Hall–Kier alpha value is -2.14. The number of amides is 1. The molecule has 0 atom stereocenters. The third-order valence-corrected chi connectivity index (χ3v) is 4.76. The zero-order valence-corrected chi connectivity index (χ0v) is 16.3. The third-order valence-electron chi connectivity index (χ3n) is 4.76. The predicted molar refractivity (Wildman–Crippen MR) is 105 cm³/mol. The molecule has 0 bridgehead atoms. The summed E-state index contributed by atoms with van der Waals surface area (Å²) in [4.78, 5) is 14.4. The lowest BCUT2D eigenvalue weighted by molar-refractivity contribution is 0.1000. The van der Waals surface area contributed by atoms with Gasteiger partial charge >= 0.3 is 0 Å². The summed E-state index contributed by atoms with van der Waals surface area (Å²) in [5, 5.41) is 0. The second-order valence-corrected chi connectivity index (χ2v) is 7.07. The van der Waals surface area contributed by atoms with Crippen LogP contribution in [0.1, 0.15) is 47.9 Å². The van der Waals surface area contributed by atoms with Gasteiger partial charge in [0.1, 0.15) is 5.82 Å². The average Bonchev–Trinajstić information content (AvgIpc) is 2.86. The monoisotopic (exact) mass is 359 g/mol. The topological polar surface area (TPSA) is 51.3 Å². The van der Waals surface area contributed by atoms with Crippen molar-refractivity contribution in [3.63, 3.8) is 0 Å². The maximum absolute atomic E-state index is 13.4. The second kappa shape index (κ2) is 8.99. The molecule has 0 saturated carbocycles. The molecular weight excluding hydrogens is 329 g/mol. The number of carbonyl (C=O) groups excluding carboxylic acids is 1. The van der Waals surface area contributed by atoms with E-state index in [2.05, 4.69) is 30.5 Å². The van der Waals surface area contributed by atoms with E-state index >= 15 is 0 Å². The van der Waals surface area contributed by atoms with Crippen molar-refractivity contribution < 1.29 is 9.18 Å². The Balaban J connectivity index is 2.58. The molecule has 0 radical (unpaired) electrons. The average molecular weight is 359 g/mol. The molecule has 2 N–H and O–H groups in total. The zero-order chi connectivity index (χ0) is 19.3. The standard InChI is InChI=1S/C21H30FN3O/c1-5-6-8-18-20(16-9-11-17(22)12-10-16)19(21(23)26)15(2)25(18)14-7-13-24(3)4/h9-12H,5-8,13-14H2,1-4H3,(H2,23,26). The molecule has 0 aliphatic carbocycles. The van der Waals surface area contributed by atoms with E-state index < -0.39 is 5.91 Å². The van der Waals surface area contributed by atoms with Crippen LogP contribution in [-0.4, -0.2) is 36.0 Å². The molecule has 0 fully saturated rings. The molecule has 1 aromatic heterocycles. The Labute approximate surface area is 155 Å². The van der Waals surface area contributed by atoms with Crippen molar-refractivity contribution in [2.75, 3.05) is 20.6 Å². The van der Waals surface area contributed by atoms with Crippen LogP contribution in [0.5, 0.6) is 0 Å². The number of carbonyl (C=O) groups is 1. The van der Waals surface area contributed by atoms with Crippen molar-refractivity contribution in [3.05, 3.63) is 47.0 Å². The maximum Gasteiger partial charge on any atom is 0.251 e. The van der Waals surface area contributed by atoms with E-state index in [-0.39, 0.29) is 5.82 Å². The van der Waals surface area contributed by atoms with Gasteiger partial charge in [-0.25, -0.2) is 4.39 Å². The first-order valence-electron chi connectivity index (χ1n) is 9.29. The van der Waals surface area contributed by atoms with Gasteiger partial charge in [-0.15, -0.1) is 0 Å². The molecular formula is C21H30FN3O. The summed E-state index contributed by atoms with van der Waals surface area (Å²) in [5.74, 6) is -0.711. The molecule has 142 valence electrons. The molecule has 2 rings (SSSR count). The van der Waals surface area contributed by atoms with Crippen LogP contribution in [0.3, 0.4) is 0 Å². The van der Waals surface area contributed by atoms with E-state index in [0.29, 0.717) is 5.56 Å². The van der Waals surface area contributed by atoms with Crippen molar-refractivity contribution in [2.24, 2.45) is 5.73 Å². The lowest BCUT2D eigenvalue weighted by atomic mass is 9.97. The smallest absolute Gasteiger partial charge is 0.251 e. The Morgan fingerprint density at radius 1 is 1.19 bits per heavy atom. The number of nitrogens with two attached hydrogens (primary N) is 1. The summed E-state index contributed by atoms with van der Waals surface area (Å²) in [7, 11) is 4.11. The van der Waals surface area contributed by atoms with Crippen LogP contribution in [0.25, 0.3) is 11.1 Å². The molecule has 5 heteroatoms. The minimum Gasteiger partial charge on any atom is -0.366 e. The number of hydrogen-bond donors (Lipinski definition) is 1. The van der Waals surface area contributed by atoms with Gasteiger partial charge in [-0.05, 0) is 64.5 Å². The zero-order valence-electron chi connectivity index (χ0n) is 16.3. The van der Waals surface area contributed by atoms with Gasteiger partial charge in [0, 0.05) is 23.5 Å². The van der Waals surface area contributed by atoms with Crippen LogP contribution in [0.15, 0.2) is 24.3 Å². The fourth-order valence-corrected chi connectivity index (χ4v) is 3.48. The Kier molecular flexibility index (Phi) is 6.98. The predicted octanol–water partition coefficient (Wildman–Crippen LogP) is 4.00. The summed E-state index contributed by atoms with van der Waals surface area (Å²) < 4.78 is 15.6. The van der Waals surface area contributed by atoms with Crippen LogP contribution in [-0.2, 0) is 13.0 Å². The van der Waals surface area contributed by atoms with E-state index in [4.69, 9.17) is 5.73 Å². The fourth-order valence-electron chi connectivity index (χ4n) is 3.48. The largest absolute Gasteiger partial charge is 0.366 e. The highest BCUT2D eigenvalue weighted by Crippen LogP contribution is 2.34. The van der Waals surface area contributed by atoms with E-state index in [1.165, 1.54) is 12.1 Å². The van der Waals surface area contributed by atoms with Gasteiger partial charge in [0.05, 0.1) is 5.56 Å². The van der Waals surface area contributed by atoms with Gasteiger partial charge in [-0.1, -0.05) is 25.5 Å². The minimum atomic E-state index is -0.425. The van der Waals surface area contributed by atoms with Crippen LogP contribution in [0, 0.1) is 12.7 Å². The Bertz CT molecular complexity index is 748. The summed E-state index contributed by atoms with van der Waals surface area (Å²) >= 11 is 0. The molecule has 0 spiro atoms. The molecule has 4 nitrogen and oxygen atoms in total. The van der Waals surface area contributed by atoms with Gasteiger partial charge in [-0.2, -0.15) is 0 Å². The first-order chi connectivity index (χ1) is 12.4. The first-order valence-corrected chi connectivity index (χ1v) is 9.29. The molecule has 0 unspecified atom stereocenters. The second-order valence-electron chi connectivity index (χ2n) is 7.07. The van der Waals surface area contributed by atoms with Crippen LogP contribution >= 0.6 is 0 Å². The highest BCUT2D eigenvalue weighted by molar-refractivity contribution is 6.02. The number of aromatic nitrogens is 1. The Morgan fingerprint density at radius 2 is 1.85 bits per heavy atom. The normalized spacial score (nSPS) is 11.3. The van der Waals surface area contributed by atoms with Crippen LogP contribution < -0.4 is 5.73 Å². The number of rotatable bonds is 9. The lowest BCUT2D eigenvalue weighted by Crippen LogP contribution is -2.17. The minimum absolute atomic E-state index is 0.286. The first kappa shape index (κ1) is 20.2. The summed E-state index contributed by atoms with van der Waals surface area (Å²) in [5.41, 5.74) is 10.0. The molecule has 1 heterocycles. The van der Waals surface area contributed by atoms with E-state index in [9.17, 15) is 9.18 Å².